The molecule has 3 rings (SSSR count). The summed E-state index contributed by atoms with van der Waals surface area (Å²) < 4.78 is 13.3. The van der Waals surface area contributed by atoms with E-state index in [0.717, 1.165) is 32.7 Å². The van der Waals surface area contributed by atoms with Gasteiger partial charge in [0.25, 0.3) is 0 Å². The summed E-state index contributed by atoms with van der Waals surface area (Å²) in [7, 11) is 0. The Morgan fingerprint density at radius 3 is 2.40 bits per heavy atom. The Labute approximate surface area is 149 Å². The number of rotatable bonds is 6. The summed E-state index contributed by atoms with van der Waals surface area (Å²) in [6.45, 7) is 5.30. The van der Waals surface area contributed by atoms with Gasteiger partial charge in [-0.3, -0.25) is 9.80 Å². The zero-order chi connectivity index (χ0) is 17.5. The average Bonchev–Trinajstić information content (AvgIpc) is 2.64. The molecule has 0 bridgehead atoms. The molecule has 0 aliphatic carbocycles. The van der Waals surface area contributed by atoms with Crippen molar-refractivity contribution < 1.29 is 9.50 Å². The maximum absolute atomic E-state index is 13.3. The van der Waals surface area contributed by atoms with E-state index in [1.54, 1.807) is 12.1 Å². The van der Waals surface area contributed by atoms with Crippen LogP contribution in [0.5, 0.6) is 0 Å². The van der Waals surface area contributed by atoms with Crippen molar-refractivity contribution in [2.24, 2.45) is 0 Å². The summed E-state index contributed by atoms with van der Waals surface area (Å²) in [5.74, 6) is -0.299. The molecule has 1 fully saturated rings. The fraction of sp³-hybridized carbons (Fsp3) is 0.333. The van der Waals surface area contributed by atoms with Gasteiger partial charge in [0.2, 0.25) is 0 Å². The standard InChI is InChI=1S/C21H25FN2O/c22-20-10-4-9-19(16-20)21(25)17-24-14-12-23(13-15-24)11-5-8-18-6-2-1-3-7-18/h1-10,16,21,25H,11-15,17H2/b8-5-/t21-/m0/s1. The van der Waals surface area contributed by atoms with Crippen molar-refractivity contribution >= 4 is 6.08 Å². The summed E-state index contributed by atoms with van der Waals surface area (Å²) in [5.41, 5.74) is 1.87. The molecular weight excluding hydrogens is 315 g/mol. The van der Waals surface area contributed by atoms with Gasteiger partial charge in [-0.2, -0.15) is 0 Å². The molecule has 2 aromatic rings. The van der Waals surface area contributed by atoms with Gasteiger partial charge in [0, 0.05) is 39.3 Å². The first kappa shape index (κ1) is 17.8. The van der Waals surface area contributed by atoms with Crippen LogP contribution >= 0.6 is 0 Å². The molecule has 0 unspecified atom stereocenters. The van der Waals surface area contributed by atoms with Gasteiger partial charge in [0.05, 0.1) is 6.10 Å². The van der Waals surface area contributed by atoms with Crippen LogP contribution in [0.3, 0.4) is 0 Å². The van der Waals surface area contributed by atoms with Crippen LogP contribution in [0.1, 0.15) is 17.2 Å². The van der Waals surface area contributed by atoms with Gasteiger partial charge in [-0.05, 0) is 23.3 Å². The Hall–Kier alpha value is -2.01. The zero-order valence-corrected chi connectivity index (χ0v) is 14.4. The molecule has 1 aliphatic rings. The van der Waals surface area contributed by atoms with Crippen LogP contribution in [-0.4, -0.2) is 54.2 Å². The van der Waals surface area contributed by atoms with Crippen LogP contribution in [0.25, 0.3) is 6.08 Å². The summed E-state index contributed by atoms with van der Waals surface area (Å²) >= 11 is 0. The number of aliphatic hydroxyl groups excluding tert-OH is 1. The minimum Gasteiger partial charge on any atom is -0.387 e. The van der Waals surface area contributed by atoms with Gasteiger partial charge >= 0.3 is 0 Å². The number of nitrogens with zero attached hydrogens (tertiary/aromatic N) is 2. The zero-order valence-electron chi connectivity index (χ0n) is 14.4. The second-order valence-corrected chi connectivity index (χ2v) is 6.49. The Bertz CT molecular complexity index is 681. The summed E-state index contributed by atoms with van der Waals surface area (Å²) in [5, 5.41) is 10.3. The van der Waals surface area contributed by atoms with Crippen molar-refractivity contribution in [3.8, 4) is 0 Å². The van der Waals surface area contributed by atoms with Crippen molar-refractivity contribution in [1.29, 1.82) is 0 Å². The van der Waals surface area contributed by atoms with E-state index < -0.39 is 6.10 Å². The van der Waals surface area contributed by atoms with Gasteiger partial charge in [-0.1, -0.05) is 54.6 Å². The first-order chi connectivity index (χ1) is 12.2. The topological polar surface area (TPSA) is 26.7 Å². The molecule has 1 N–H and O–H groups in total. The van der Waals surface area contributed by atoms with E-state index in [9.17, 15) is 9.50 Å². The van der Waals surface area contributed by atoms with E-state index >= 15 is 0 Å². The molecule has 0 radical (unpaired) electrons. The Kier molecular flexibility index (Phi) is 6.34. The van der Waals surface area contributed by atoms with Gasteiger partial charge < -0.3 is 5.11 Å². The Morgan fingerprint density at radius 1 is 0.960 bits per heavy atom. The van der Waals surface area contributed by atoms with Gasteiger partial charge in [-0.15, -0.1) is 0 Å². The molecule has 1 heterocycles. The van der Waals surface area contributed by atoms with E-state index in [-0.39, 0.29) is 5.82 Å². The van der Waals surface area contributed by atoms with Gasteiger partial charge in [0.1, 0.15) is 5.82 Å². The molecule has 1 saturated heterocycles. The highest BCUT2D eigenvalue weighted by Crippen LogP contribution is 2.16. The normalized spacial score (nSPS) is 17.8. The monoisotopic (exact) mass is 340 g/mol. The van der Waals surface area contributed by atoms with Crippen LogP contribution in [0.4, 0.5) is 4.39 Å². The van der Waals surface area contributed by atoms with Crippen molar-refractivity contribution in [3.63, 3.8) is 0 Å². The smallest absolute Gasteiger partial charge is 0.123 e. The third-order valence-corrected chi connectivity index (χ3v) is 4.60. The molecule has 0 spiro atoms. The highest BCUT2D eigenvalue weighted by atomic mass is 19.1. The first-order valence-corrected chi connectivity index (χ1v) is 8.80. The molecule has 1 aliphatic heterocycles. The van der Waals surface area contributed by atoms with Gasteiger partial charge in [0.15, 0.2) is 0 Å². The minimum atomic E-state index is -0.639. The van der Waals surface area contributed by atoms with Crippen molar-refractivity contribution in [3.05, 3.63) is 77.6 Å². The van der Waals surface area contributed by atoms with E-state index in [1.165, 1.54) is 17.7 Å². The third-order valence-electron chi connectivity index (χ3n) is 4.60. The molecule has 0 amide bonds. The maximum atomic E-state index is 13.3. The number of piperazine rings is 1. The third kappa shape index (κ3) is 5.49. The highest BCUT2D eigenvalue weighted by Gasteiger charge is 2.19. The van der Waals surface area contributed by atoms with Crippen LogP contribution in [0.15, 0.2) is 60.7 Å². The van der Waals surface area contributed by atoms with E-state index in [4.69, 9.17) is 0 Å². The second-order valence-electron chi connectivity index (χ2n) is 6.49. The molecule has 4 heteroatoms. The number of halogens is 1. The molecule has 0 saturated carbocycles. The molecule has 3 nitrogen and oxygen atoms in total. The number of hydrogen-bond donors (Lipinski definition) is 1. The molecule has 2 aromatic carbocycles. The van der Waals surface area contributed by atoms with Crippen LogP contribution in [0, 0.1) is 5.82 Å². The van der Waals surface area contributed by atoms with E-state index in [1.807, 2.05) is 18.2 Å². The number of aliphatic hydroxyl groups is 1. The van der Waals surface area contributed by atoms with Crippen LogP contribution in [0.2, 0.25) is 0 Å². The Balaban J connectivity index is 1.42. The number of β-amino-alcohol motifs (C(OH)–C–C–N with tert-alkyl or cyclic N) is 1. The Morgan fingerprint density at radius 2 is 1.68 bits per heavy atom. The summed E-state index contributed by atoms with van der Waals surface area (Å²) in [4.78, 5) is 4.65. The molecule has 1 atom stereocenters. The lowest BCUT2D eigenvalue weighted by atomic mass is 10.1. The predicted molar refractivity (Wildman–Crippen MR) is 99.7 cm³/mol. The fourth-order valence-corrected chi connectivity index (χ4v) is 3.12. The molecular formula is C21H25FN2O. The SMILES string of the molecule is O[C@@H](CN1CCN(C/C=C\c2ccccc2)CC1)c1cccc(F)c1. The molecule has 132 valence electrons. The van der Waals surface area contributed by atoms with Crippen molar-refractivity contribution in [2.75, 3.05) is 39.3 Å². The minimum absolute atomic E-state index is 0.299. The van der Waals surface area contributed by atoms with Crippen molar-refractivity contribution in [2.45, 2.75) is 6.10 Å². The second kappa shape index (κ2) is 8.90. The summed E-state index contributed by atoms with van der Waals surface area (Å²) in [6, 6.07) is 16.5. The quantitative estimate of drug-likeness (QED) is 0.875. The lowest BCUT2D eigenvalue weighted by Gasteiger charge is -2.35. The first-order valence-electron chi connectivity index (χ1n) is 8.80. The number of hydrogen-bond acceptors (Lipinski definition) is 3. The highest BCUT2D eigenvalue weighted by molar-refractivity contribution is 5.48. The largest absolute Gasteiger partial charge is 0.387 e. The predicted octanol–water partition coefficient (Wildman–Crippen LogP) is 3.19. The summed E-state index contributed by atoms with van der Waals surface area (Å²) in [6.07, 6.45) is 3.72. The number of benzene rings is 2. The lowest BCUT2D eigenvalue weighted by Crippen LogP contribution is -2.47. The molecule has 25 heavy (non-hydrogen) atoms. The van der Waals surface area contributed by atoms with Crippen LogP contribution < -0.4 is 0 Å². The molecule has 0 aromatic heterocycles. The van der Waals surface area contributed by atoms with Crippen molar-refractivity contribution in [1.82, 2.24) is 9.80 Å². The van der Waals surface area contributed by atoms with Crippen LogP contribution in [-0.2, 0) is 0 Å². The average molecular weight is 340 g/mol. The van der Waals surface area contributed by atoms with Gasteiger partial charge in [-0.25, -0.2) is 4.39 Å². The fourth-order valence-electron chi connectivity index (χ4n) is 3.12. The van der Waals surface area contributed by atoms with E-state index in [2.05, 4.69) is 34.1 Å². The van der Waals surface area contributed by atoms with E-state index in [0.29, 0.717) is 12.1 Å². The lowest BCUT2D eigenvalue weighted by molar-refractivity contribution is 0.0762. The maximum Gasteiger partial charge on any atom is 0.123 e.